The third-order valence-corrected chi connectivity index (χ3v) is 5.93. The molecule has 1 aromatic carbocycles. The Hall–Kier alpha value is -2.01. The van der Waals surface area contributed by atoms with Gasteiger partial charge in [0.15, 0.2) is 11.5 Å². The van der Waals surface area contributed by atoms with E-state index in [1.54, 1.807) is 25.6 Å². The number of amides is 1. The Bertz CT molecular complexity index is 766. The van der Waals surface area contributed by atoms with Crippen molar-refractivity contribution >= 4 is 17.2 Å². The highest BCUT2D eigenvalue weighted by Gasteiger charge is 2.25. The van der Waals surface area contributed by atoms with E-state index in [-0.39, 0.29) is 5.91 Å². The Kier molecular flexibility index (Phi) is 4.81. The third kappa shape index (κ3) is 3.00. The van der Waals surface area contributed by atoms with E-state index >= 15 is 0 Å². The molecule has 0 fully saturated rings. The molecule has 0 N–H and O–H groups in total. The zero-order valence-corrected chi connectivity index (χ0v) is 15.5. The number of hydrogen-bond donors (Lipinski definition) is 0. The topological polar surface area (TPSA) is 38.8 Å². The summed E-state index contributed by atoms with van der Waals surface area (Å²) in [5.41, 5.74) is 3.58. The molecule has 0 spiro atoms. The van der Waals surface area contributed by atoms with Gasteiger partial charge in [-0.1, -0.05) is 6.92 Å². The van der Waals surface area contributed by atoms with E-state index in [9.17, 15) is 4.79 Å². The van der Waals surface area contributed by atoms with Crippen molar-refractivity contribution in [1.29, 1.82) is 0 Å². The molecule has 128 valence electrons. The van der Waals surface area contributed by atoms with Crippen LogP contribution in [0.4, 0.5) is 0 Å². The molecule has 0 radical (unpaired) electrons. The van der Waals surface area contributed by atoms with Crippen LogP contribution in [-0.2, 0) is 19.4 Å². The first kappa shape index (κ1) is 16.8. The van der Waals surface area contributed by atoms with Gasteiger partial charge in [0.2, 0.25) is 0 Å². The van der Waals surface area contributed by atoms with Crippen molar-refractivity contribution in [2.75, 3.05) is 20.8 Å². The summed E-state index contributed by atoms with van der Waals surface area (Å²) in [4.78, 5) is 16.9. The molecule has 0 bridgehead atoms. The van der Waals surface area contributed by atoms with Gasteiger partial charge < -0.3 is 14.4 Å². The van der Waals surface area contributed by atoms with E-state index in [2.05, 4.69) is 13.8 Å². The van der Waals surface area contributed by atoms with E-state index in [4.69, 9.17) is 9.47 Å². The molecule has 2 aromatic rings. The number of benzene rings is 1. The van der Waals surface area contributed by atoms with Crippen LogP contribution in [0.25, 0.3) is 0 Å². The molecular formula is C19H23NO3S. The van der Waals surface area contributed by atoms with Gasteiger partial charge in [-0.3, -0.25) is 4.79 Å². The summed E-state index contributed by atoms with van der Waals surface area (Å²) >= 11 is 1.62. The lowest BCUT2D eigenvalue weighted by atomic mass is 9.98. The molecule has 0 atom stereocenters. The number of rotatable bonds is 4. The fraction of sp³-hybridized carbons (Fsp3) is 0.421. The summed E-state index contributed by atoms with van der Waals surface area (Å²) in [5.74, 6) is 1.59. The lowest BCUT2D eigenvalue weighted by molar-refractivity contribution is 0.0739. The van der Waals surface area contributed by atoms with Gasteiger partial charge in [0.1, 0.15) is 0 Å². The molecule has 0 unspecified atom stereocenters. The van der Waals surface area contributed by atoms with Gasteiger partial charge in [-0.15, -0.1) is 11.3 Å². The fourth-order valence-electron chi connectivity index (χ4n) is 3.19. The first-order valence-electron chi connectivity index (χ1n) is 8.19. The van der Waals surface area contributed by atoms with Crippen LogP contribution in [0.3, 0.4) is 0 Å². The molecule has 1 aliphatic rings. The zero-order chi connectivity index (χ0) is 17.3. The number of ether oxygens (including phenoxy) is 2. The number of methoxy groups -OCH3 is 2. The van der Waals surface area contributed by atoms with E-state index in [0.717, 1.165) is 35.6 Å². The van der Waals surface area contributed by atoms with E-state index in [1.165, 1.54) is 16.0 Å². The largest absolute Gasteiger partial charge is 0.493 e. The average Bonchev–Trinajstić information content (AvgIpc) is 3.00. The van der Waals surface area contributed by atoms with Gasteiger partial charge in [0.05, 0.1) is 19.1 Å². The first-order valence-corrected chi connectivity index (χ1v) is 9.01. The highest BCUT2D eigenvalue weighted by atomic mass is 32.1. The SMILES string of the molecule is CCc1sc(C(=O)N2CCc3cc(OC)c(OC)cc3C2)cc1C. The number of carbonyl (C=O) groups is 1. The van der Waals surface area contributed by atoms with Crippen LogP contribution in [-0.4, -0.2) is 31.6 Å². The minimum Gasteiger partial charge on any atom is -0.493 e. The molecule has 5 heteroatoms. The zero-order valence-electron chi connectivity index (χ0n) is 14.6. The van der Waals surface area contributed by atoms with Crippen LogP contribution in [0.2, 0.25) is 0 Å². The lowest BCUT2D eigenvalue weighted by Crippen LogP contribution is -2.35. The highest BCUT2D eigenvalue weighted by molar-refractivity contribution is 7.14. The Labute approximate surface area is 147 Å². The number of thiophene rings is 1. The third-order valence-electron chi connectivity index (χ3n) is 4.56. The Morgan fingerprint density at radius 1 is 1.17 bits per heavy atom. The predicted molar refractivity (Wildman–Crippen MR) is 96.4 cm³/mol. The van der Waals surface area contributed by atoms with Crippen molar-refractivity contribution < 1.29 is 14.3 Å². The highest BCUT2D eigenvalue weighted by Crippen LogP contribution is 2.34. The fourth-order valence-corrected chi connectivity index (χ4v) is 4.27. The average molecular weight is 345 g/mol. The van der Waals surface area contributed by atoms with Crippen LogP contribution < -0.4 is 9.47 Å². The molecule has 1 aromatic heterocycles. The minimum absolute atomic E-state index is 0.128. The van der Waals surface area contributed by atoms with Crippen LogP contribution in [0.15, 0.2) is 18.2 Å². The first-order chi connectivity index (χ1) is 11.6. The van der Waals surface area contributed by atoms with E-state index in [1.807, 2.05) is 23.1 Å². The normalized spacial score (nSPS) is 13.6. The second-order valence-electron chi connectivity index (χ2n) is 6.02. The molecule has 3 rings (SSSR count). The van der Waals surface area contributed by atoms with Crippen LogP contribution in [0, 0.1) is 6.92 Å². The van der Waals surface area contributed by atoms with Crippen LogP contribution >= 0.6 is 11.3 Å². The number of hydrogen-bond acceptors (Lipinski definition) is 4. The van der Waals surface area contributed by atoms with Crippen molar-refractivity contribution in [3.05, 3.63) is 44.6 Å². The summed E-state index contributed by atoms with van der Waals surface area (Å²) in [7, 11) is 3.28. The monoisotopic (exact) mass is 345 g/mol. The molecule has 0 aliphatic carbocycles. The van der Waals surface area contributed by atoms with Crippen molar-refractivity contribution in [3.8, 4) is 11.5 Å². The summed E-state index contributed by atoms with van der Waals surface area (Å²) in [6.07, 6.45) is 1.82. The lowest BCUT2D eigenvalue weighted by Gasteiger charge is -2.29. The summed E-state index contributed by atoms with van der Waals surface area (Å²) < 4.78 is 10.8. The molecule has 2 heterocycles. The van der Waals surface area contributed by atoms with Crippen molar-refractivity contribution in [3.63, 3.8) is 0 Å². The maximum atomic E-state index is 12.8. The van der Waals surface area contributed by atoms with Gasteiger partial charge >= 0.3 is 0 Å². The van der Waals surface area contributed by atoms with Crippen LogP contribution in [0.1, 0.15) is 38.2 Å². The Morgan fingerprint density at radius 2 is 1.83 bits per heavy atom. The van der Waals surface area contributed by atoms with Crippen LogP contribution in [0.5, 0.6) is 11.5 Å². The summed E-state index contributed by atoms with van der Waals surface area (Å²) in [6, 6.07) is 6.04. The Balaban J connectivity index is 1.84. The van der Waals surface area contributed by atoms with Gasteiger partial charge in [-0.2, -0.15) is 0 Å². The maximum Gasteiger partial charge on any atom is 0.264 e. The molecule has 1 amide bonds. The van der Waals surface area contributed by atoms with Crippen molar-refractivity contribution in [2.45, 2.75) is 33.2 Å². The van der Waals surface area contributed by atoms with Crippen molar-refractivity contribution in [2.24, 2.45) is 0 Å². The Morgan fingerprint density at radius 3 is 2.42 bits per heavy atom. The number of fused-ring (bicyclic) bond motifs is 1. The summed E-state index contributed by atoms with van der Waals surface area (Å²) in [5, 5.41) is 0. The molecular weight excluding hydrogens is 322 g/mol. The number of nitrogens with zero attached hydrogens (tertiary/aromatic N) is 1. The molecule has 0 saturated carbocycles. The van der Waals surface area contributed by atoms with Gasteiger partial charge in [0.25, 0.3) is 5.91 Å². The quantitative estimate of drug-likeness (QED) is 0.845. The second kappa shape index (κ2) is 6.85. The van der Waals surface area contributed by atoms with Crippen molar-refractivity contribution in [1.82, 2.24) is 4.90 Å². The molecule has 1 aliphatic heterocycles. The van der Waals surface area contributed by atoms with Gasteiger partial charge in [-0.05, 0) is 54.7 Å². The number of carbonyl (C=O) groups excluding carboxylic acids is 1. The van der Waals surface area contributed by atoms with Gasteiger partial charge in [0, 0.05) is 18.0 Å². The standard InChI is InChI=1S/C19H23NO3S/c1-5-17-12(2)8-18(24-17)19(21)20-7-6-13-9-15(22-3)16(23-4)10-14(13)11-20/h8-10H,5-7,11H2,1-4H3. The summed E-state index contributed by atoms with van der Waals surface area (Å²) in [6.45, 7) is 5.56. The smallest absolute Gasteiger partial charge is 0.264 e. The second-order valence-corrected chi connectivity index (χ2v) is 7.16. The van der Waals surface area contributed by atoms with E-state index in [0.29, 0.717) is 12.3 Å². The maximum absolute atomic E-state index is 12.8. The van der Waals surface area contributed by atoms with Gasteiger partial charge in [-0.25, -0.2) is 0 Å². The number of aryl methyl sites for hydroxylation is 2. The molecule has 4 nitrogen and oxygen atoms in total. The van der Waals surface area contributed by atoms with E-state index < -0.39 is 0 Å². The predicted octanol–water partition coefficient (Wildman–Crippen LogP) is 3.83. The minimum atomic E-state index is 0.128. The molecule has 0 saturated heterocycles. The molecule has 24 heavy (non-hydrogen) atoms.